The SMILES string of the molecule is CC1CCCCC1NC(=O)CN1CC(CN)CCC1C. The molecule has 0 radical (unpaired) electrons. The second-order valence-corrected chi connectivity index (χ2v) is 6.89. The maximum absolute atomic E-state index is 12.3. The van der Waals surface area contributed by atoms with Crippen molar-refractivity contribution >= 4 is 5.91 Å². The molecule has 2 rings (SSSR count). The van der Waals surface area contributed by atoms with Crippen LogP contribution in [0.3, 0.4) is 0 Å². The molecule has 0 aromatic heterocycles. The van der Waals surface area contributed by atoms with Gasteiger partial charge in [-0.1, -0.05) is 19.8 Å². The van der Waals surface area contributed by atoms with Crippen LogP contribution in [-0.4, -0.2) is 42.5 Å². The van der Waals surface area contributed by atoms with E-state index in [1.165, 1.54) is 25.7 Å². The Kier molecular flexibility index (Phi) is 5.85. The third kappa shape index (κ3) is 4.19. The number of likely N-dealkylation sites (tertiary alicyclic amines) is 1. The normalized spacial score (nSPS) is 35.8. The molecular weight excluding hydrogens is 250 g/mol. The first-order chi connectivity index (χ1) is 9.60. The van der Waals surface area contributed by atoms with Gasteiger partial charge in [-0.15, -0.1) is 0 Å². The highest BCUT2D eigenvalue weighted by Gasteiger charge is 2.28. The van der Waals surface area contributed by atoms with Crippen LogP contribution in [0.2, 0.25) is 0 Å². The fourth-order valence-electron chi connectivity index (χ4n) is 3.64. The van der Waals surface area contributed by atoms with Crippen molar-refractivity contribution in [3.8, 4) is 0 Å². The number of amides is 1. The average Bonchev–Trinajstić information content (AvgIpc) is 2.44. The predicted molar refractivity (Wildman–Crippen MR) is 82.4 cm³/mol. The van der Waals surface area contributed by atoms with Gasteiger partial charge in [0.2, 0.25) is 5.91 Å². The highest BCUT2D eigenvalue weighted by atomic mass is 16.2. The first-order valence-corrected chi connectivity index (χ1v) is 8.33. The highest BCUT2D eigenvalue weighted by molar-refractivity contribution is 5.78. The number of nitrogens with zero attached hydrogens (tertiary/aromatic N) is 1. The lowest BCUT2D eigenvalue weighted by Gasteiger charge is -2.38. The summed E-state index contributed by atoms with van der Waals surface area (Å²) >= 11 is 0. The maximum Gasteiger partial charge on any atom is 0.234 e. The third-order valence-corrected chi connectivity index (χ3v) is 5.25. The Morgan fingerprint density at radius 1 is 1.20 bits per heavy atom. The van der Waals surface area contributed by atoms with Crippen LogP contribution in [0.25, 0.3) is 0 Å². The second kappa shape index (κ2) is 7.41. The number of hydrogen-bond donors (Lipinski definition) is 2. The molecule has 1 heterocycles. The second-order valence-electron chi connectivity index (χ2n) is 6.89. The van der Waals surface area contributed by atoms with Crippen molar-refractivity contribution in [2.45, 2.75) is 64.5 Å². The van der Waals surface area contributed by atoms with Crippen molar-refractivity contribution in [2.75, 3.05) is 19.6 Å². The van der Waals surface area contributed by atoms with Crippen LogP contribution in [0.4, 0.5) is 0 Å². The Labute approximate surface area is 123 Å². The zero-order chi connectivity index (χ0) is 14.5. The molecule has 0 aromatic rings. The number of nitrogens with one attached hydrogen (secondary N) is 1. The van der Waals surface area contributed by atoms with Gasteiger partial charge in [-0.3, -0.25) is 9.69 Å². The van der Waals surface area contributed by atoms with E-state index in [0.29, 0.717) is 30.5 Å². The van der Waals surface area contributed by atoms with E-state index >= 15 is 0 Å². The van der Waals surface area contributed by atoms with Crippen LogP contribution in [0, 0.1) is 11.8 Å². The van der Waals surface area contributed by atoms with Crippen LogP contribution >= 0.6 is 0 Å². The summed E-state index contributed by atoms with van der Waals surface area (Å²) in [6, 6.07) is 0.897. The third-order valence-electron chi connectivity index (χ3n) is 5.25. The molecule has 1 aliphatic heterocycles. The fourth-order valence-corrected chi connectivity index (χ4v) is 3.64. The Morgan fingerprint density at radius 3 is 2.65 bits per heavy atom. The number of hydrogen-bond acceptors (Lipinski definition) is 3. The van der Waals surface area contributed by atoms with E-state index < -0.39 is 0 Å². The van der Waals surface area contributed by atoms with Crippen LogP contribution in [0.15, 0.2) is 0 Å². The molecule has 0 aromatic carbocycles. The van der Waals surface area contributed by atoms with E-state index in [-0.39, 0.29) is 5.91 Å². The van der Waals surface area contributed by atoms with Crippen molar-refractivity contribution in [1.82, 2.24) is 10.2 Å². The molecular formula is C16H31N3O. The lowest BCUT2D eigenvalue weighted by Crippen LogP contribution is -2.50. The molecule has 2 fully saturated rings. The molecule has 4 unspecified atom stereocenters. The van der Waals surface area contributed by atoms with E-state index in [4.69, 9.17) is 5.73 Å². The van der Waals surface area contributed by atoms with Gasteiger partial charge < -0.3 is 11.1 Å². The van der Waals surface area contributed by atoms with Crippen molar-refractivity contribution in [3.05, 3.63) is 0 Å². The molecule has 3 N–H and O–H groups in total. The summed E-state index contributed by atoms with van der Waals surface area (Å²) in [7, 11) is 0. The van der Waals surface area contributed by atoms with Crippen molar-refractivity contribution in [3.63, 3.8) is 0 Å². The van der Waals surface area contributed by atoms with Gasteiger partial charge in [0.1, 0.15) is 0 Å². The topological polar surface area (TPSA) is 58.4 Å². The predicted octanol–water partition coefficient (Wildman–Crippen LogP) is 1.74. The molecule has 1 saturated carbocycles. The monoisotopic (exact) mass is 281 g/mol. The molecule has 0 bridgehead atoms. The van der Waals surface area contributed by atoms with Gasteiger partial charge in [0.15, 0.2) is 0 Å². The van der Waals surface area contributed by atoms with Gasteiger partial charge in [-0.05, 0) is 51.0 Å². The Hall–Kier alpha value is -0.610. The molecule has 20 heavy (non-hydrogen) atoms. The largest absolute Gasteiger partial charge is 0.352 e. The summed E-state index contributed by atoms with van der Waals surface area (Å²) in [5.74, 6) is 1.39. The summed E-state index contributed by atoms with van der Waals surface area (Å²) in [4.78, 5) is 14.6. The number of piperidine rings is 1. The fraction of sp³-hybridized carbons (Fsp3) is 0.938. The first-order valence-electron chi connectivity index (χ1n) is 8.33. The minimum atomic E-state index is 0.202. The van der Waals surface area contributed by atoms with Crippen molar-refractivity contribution in [1.29, 1.82) is 0 Å². The summed E-state index contributed by atoms with van der Waals surface area (Å²) < 4.78 is 0. The molecule has 4 nitrogen and oxygen atoms in total. The summed E-state index contributed by atoms with van der Waals surface area (Å²) in [5, 5.41) is 3.26. The standard InChI is InChI=1S/C16H31N3O/c1-12-5-3-4-6-15(12)18-16(20)11-19-10-14(9-17)8-7-13(19)2/h12-15H,3-11,17H2,1-2H3,(H,18,20). The van der Waals surface area contributed by atoms with E-state index in [0.717, 1.165) is 25.9 Å². The van der Waals surface area contributed by atoms with Crippen LogP contribution in [0.1, 0.15) is 52.4 Å². The van der Waals surface area contributed by atoms with Crippen molar-refractivity contribution in [2.24, 2.45) is 17.6 Å². The average molecular weight is 281 g/mol. The summed E-state index contributed by atoms with van der Waals surface area (Å²) in [6.07, 6.45) is 7.33. The summed E-state index contributed by atoms with van der Waals surface area (Å²) in [6.45, 7) is 6.75. The minimum Gasteiger partial charge on any atom is -0.352 e. The molecule has 0 spiro atoms. The highest BCUT2D eigenvalue weighted by Crippen LogP contribution is 2.24. The van der Waals surface area contributed by atoms with E-state index in [1.54, 1.807) is 0 Å². The van der Waals surface area contributed by atoms with Gasteiger partial charge in [0, 0.05) is 18.6 Å². The first kappa shape index (κ1) is 15.8. The quantitative estimate of drug-likeness (QED) is 0.825. The minimum absolute atomic E-state index is 0.202. The lowest BCUT2D eigenvalue weighted by molar-refractivity contribution is -0.124. The number of carbonyl (C=O) groups excluding carboxylic acids is 1. The zero-order valence-electron chi connectivity index (χ0n) is 13.1. The van der Waals surface area contributed by atoms with Crippen LogP contribution in [0.5, 0.6) is 0 Å². The lowest BCUT2D eigenvalue weighted by atomic mass is 9.86. The Balaban J connectivity index is 1.80. The molecule has 4 heteroatoms. The number of carbonyl (C=O) groups is 1. The Bertz CT molecular complexity index is 321. The summed E-state index contributed by atoms with van der Waals surface area (Å²) in [5.41, 5.74) is 5.78. The molecule has 4 atom stereocenters. The number of rotatable bonds is 4. The smallest absolute Gasteiger partial charge is 0.234 e. The van der Waals surface area contributed by atoms with Crippen molar-refractivity contribution < 1.29 is 4.79 Å². The van der Waals surface area contributed by atoms with Gasteiger partial charge in [0.25, 0.3) is 0 Å². The zero-order valence-corrected chi connectivity index (χ0v) is 13.1. The van der Waals surface area contributed by atoms with Gasteiger partial charge >= 0.3 is 0 Å². The van der Waals surface area contributed by atoms with Gasteiger partial charge in [0.05, 0.1) is 6.54 Å². The Morgan fingerprint density at radius 2 is 1.95 bits per heavy atom. The van der Waals surface area contributed by atoms with E-state index in [2.05, 4.69) is 24.1 Å². The van der Waals surface area contributed by atoms with E-state index in [9.17, 15) is 4.79 Å². The van der Waals surface area contributed by atoms with Gasteiger partial charge in [-0.25, -0.2) is 0 Å². The molecule has 1 saturated heterocycles. The molecule has 1 amide bonds. The molecule has 2 aliphatic rings. The molecule has 116 valence electrons. The molecule has 1 aliphatic carbocycles. The van der Waals surface area contributed by atoms with Gasteiger partial charge in [-0.2, -0.15) is 0 Å². The maximum atomic E-state index is 12.3. The number of nitrogens with two attached hydrogens (primary N) is 1. The van der Waals surface area contributed by atoms with Crippen LogP contribution < -0.4 is 11.1 Å². The van der Waals surface area contributed by atoms with Crippen LogP contribution in [-0.2, 0) is 4.79 Å². The van der Waals surface area contributed by atoms with E-state index in [1.807, 2.05) is 0 Å².